The van der Waals surface area contributed by atoms with E-state index in [0.717, 1.165) is 23.6 Å². The van der Waals surface area contributed by atoms with E-state index in [1.165, 1.54) is 16.3 Å². The van der Waals surface area contributed by atoms with Gasteiger partial charge in [0, 0.05) is 30.0 Å². The Morgan fingerprint density at radius 3 is 2.80 bits per heavy atom. The van der Waals surface area contributed by atoms with Crippen molar-refractivity contribution in [1.82, 2.24) is 9.97 Å². The van der Waals surface area contributed by atoms with Crippen LogP contribution in [0.2, 0.25) is 0 Å². The molecule has 3 heteroatoms. The van der Waals surface area contributed by atoms with Crippen LogP contribution >= 0.6 is 0 Å². The number of aryl methyl sites for hydroxylation is 2. The molecule has 1 aromatic carbocycles. The molecule has 0 atom stereocenters. The fourth-order valence-corrected chi connectivity index (χ4v) is 2.41. The number of hydrogen-bond donors (Lipinski definition) is 1. The molecule has 20 heavy (non-hydrogen) atoms. The first-order chi connectivity index (χ1) is 9.74. The maximum absolute atomic E-state index is 4.48. The first kappa shape index (κ1) is 12.6. The largest absolute Gasteiger partial charge is 0.379 e. The summed E-state index contributed by atoms with van der Waals surface area (Å²) in [5, 5.41) is 5.88. The summed E-state index contributed by atoms with van der Waals surface area (Å²) in [6.07, 6.45) is 3.74. The number of nitrogens with zero attached hydrogens (tertiary/aromatic N) is 2. The van der Waals surface area contributed by atoms with E-state index in [-0.39, 0.29) is 0 Å². The average molecular weight is 263 g/mol. The molecule has 0 aliphatic heterocycles. The summed E-state index contributed by atoms with van der Waals surface area (Å²) in [7, 11) is 0. The fourth-order valence-electron chi connectivity index (χ4n) is 2.41. The smallest absolute Gasteiger partial charge is 0.0606 e. The molecule has 1 N–H and O–H groups in total. The molecule has 0 unspecified atom stereocenters. The number of fused-ring (bicyclic) bond motifs is 1. The van der Waals surface area contributed by atoms with E-state index in [2.05, 4.69) is 45.6 Å². The predicted molar refractivity (Wildman–Crippen MR) is 82.8 cm³/mol. The van der Waals surface area contributed by atoms with E-state index in [4.69, 9.17) is 0 Å². The molecule has 0 bridgehead atoms. The second-order valence-corrected chi connectivity index (χ2v) is 4.95. The zero-order chi connectivity index (χ0) is 13.9. The summed E-state index contributed by atoms with van der Waals surface area (Å²) < 4.78 is 0. The van der Waals surface area contributed by atoms with E-state index >= 15 is 0 Å². The summed E-state index contributed by atoms with van der Waals surface area (Å²) in [4.78, 5) is 8.64. The van der Waals surface area contributed by atoms with Crippen LogP contribution in [-0.2, 0) is 6.54 Å². The first-order valence-electron chi connectivity index (χ1n) is 6.74. The average Bonchev–Trinajstić information content (AvgIpc) is 2.46. The molecule has 2 aromatic heterocycles. The van der Waals surface area contributed by atoms with Gasteiger partial charge in [-0.25, -0.2) is 0 Å². The zero-order valence-corrected chi connectivity index (χ0v) is 11.7. The number of benzene rings is 1. The number of anilines is 1. The van der Waals surface area contributed by atoms with Gasteiger partial charge in [0.05, 0.1) is 11.4 Å². The van der Waals surface area contributed by atoms with Crippen LogP contribution in [0.4, 0.5) is 5.69 Å². The highest BCUT2D eigenvalue weighted by Gasteiger charge is 2.03. The van der Waals surface area contributed by atoms with Crippen LogP contribution in [0.25, 0.3) is 10.8 Å². The molecular weight excluding hydrogens is 246 g/mol. The summed E-state index contributed by atoms with van der Waals surface area (Å²) in [6.45, 7) is 4.82. The minimum Gasteiger partial charge on any atom is -0.379 e. The van der Waals surface area contributed by atoms with Crippen LogP contribution in [0.1, 0.15) is 17.0 Å². The lowest BCUT2D eigenvalue weighted by Crippen LogP contribution is -2.03. The number of rotatable bonds is 3. The van der Waals surface area contributed by atoms with Crippen molar-refractivity contribution in [3.05, 3.63) is 65.7 Å². The van der Waals surface area contributed by atoms with Crippen molar-refractivity contribution in [2.45, 2.75) is 20.4 Å². The van der Waals surface area contributed by atoms with E-state index in [1.54, 1.807) is 0 Å². The van der Waals surface area contributed by atoms with Crippen LogP contribution in [0.3, 0.4) is 0 Å². The number of pyridine rings is 2. The van der Waals surface area contributed by atoms with Crippen molar-refractivity contribution < 1.29 is 0 Å². The Morgan fingerprint density at radius 2 is 1.95 bits per heavy atom. The van der Waals surface area contributed by atoms with Crippen LogP contribution in [0.5, 0.6) is 0 Å². The van der Waals surface area contributed by atoms with Crippen molar-refractivity contribution in [2.75, 3.05) is 5.32 Å². The molecule has 100 valence electrons. The van der Waals surface area contributed by atoms with Gasteiger partial charge in [-0.1, -0.05) is 18.2 Å². The Balaban J connectivity index is 1.87. The van der Waals surface area contributed by atoms with Crippen LogP contribution < -0.4 is 5.32 Å². The molecule has 0 saturated carbocycles. The molecule has 0 fully saturated rings. The molecule has 0 amide bonds. The zero-order valence-electron chi connectivity index (χ0n) is 11.7. The van der Waals surface area contributed by atoms with Crippen LogP contribution in [0.15, 0.2) is 48.8 Å². The minimum absolute atomic E-state index is 0.785. The number of nitrogens with one attached hydrogen (secondary N) is 1. The Labute approximate surface area is 118 Å². The van der Waals surface area contributed by atoms with E-state index < -0.39 is 0 Å². The van der Waals surface area contributed by atoms with Gasteiger partial charge in [0.15, 0.2) is 0 Å². The molecule has 3 nitrogen and oxygen atoms in total. The lowest BCUT2D eigenvalue weighted by Gasteiger charge is -2.11. The third kappa shape index (κ3) is 2.48. The van der Waals surface area contributed by atoms with Gasteiger partial charge < -0.3 is 5.32 Å². The number of hydrogen-bond acceptors (Lipinski definition) is 3. The molecule has 0 aliphatic rings. The van der Waals surface area contributed by atoms with E-state index in [9.17, 15) is 0 Å². The van der Waals surface area contributed by atoms with Crippen molar-refractivity contribution >= 4 is 16.5 Å². The molecule has 0 saturated heterocycles. The Morgan fingerprint density at radius 1 is 1.05 bits per heavy atom. The van der Waals surface area contributed by atoms with Crippen molar-refractivity contribution in [1.29, 1.82) is 0 Å². The molecular formula is C17H17N3. The topological polar surface area (TPSA) is 37.8 Å². The molecule has 3 rings (SSSR count). The summed E-state index contributed by atoms with van der Waals surface area (Å²) in [5.41, 5.74) is 4.43. The summed E-state index contributed by atoms with van der Waals surface area (Å²) >= 11 is 0. The van der Waals surface area contributed by atoms with Gasteiger partial charge in [-0.2, -0.15) is 0 Å². The molecule has 0 radical (unpaired) electrons. The van der Waals surface area contributed by atoms with Gasteiger partial charge in [-0.15, -0.1) is 0 Å². The second-order valence-electron chi connectivity index (χ2n) is 4.95. The van der Waals surface area contributed by atoms with Crippen LogP contribution in [0, 0.1) is 13.8 Å². The number of aromatic nitrogens is 2. The van der Waals surface area contributed by atoms with Gasteiger partial charge in [0.2, 0.25) is 0 Å². The Hall–Kier alpha value is -2.42. The Bertz CT molecular complexity index is 745. The van der Waals surface area contributed by atoms with Gasteiger partial charge in [-0.05, 0) is 43.0 Å². The van der Waals surface area contributed by atoms with E-state index in [1.807, 2.05) is 32.3 Å². The summed E-state index contributed by atoms with van der Waals surface area (Å²) in [6, 6.07) is 12.5. The van der Waals surface area contributed by atoms with Gasteiger partial charge in [0.1, 0.15) is 0 Å². The van der Waals surface area contributed by atoms with Gasteiger partial charge in [-0.3, -0.25) is 9.97 Å². The fraction of sp³-hybridized carbons (Fsp3) is 0.176. The predicted octanol–water partition coefficient (Wildman–Crippen LogP) is 3.86. The van der Waals surface area contributed by atoms with Gasteiger partial charge in [0.25, 0.3) is 0 Å². The highest BCUT2D eigenvalue weighted by atomic mass is 14.9. The van der Waals surface area contributed by atoms with Crippen molar-refractivity contribution in [2.24, 2.45) is 0 Å². The molecule has 3 aromatic rings. The monoisotopic (exact) mass is 263 g/mol. The molecule has 0 aliphatic carbocycles. The third-order valence-corrected chi connectivity index (χ3v) is 3.47. The Kier molecular flexibility index (Phi) is 3.33. The third-order valence-electron chi connectivity index (χ3n) is 3.47. The molecule has 0 spiro atoms. The highest BCUT2D eigenvalue weighted by Crippen LogP contribution is 2.20. The van der Waals surface area contributed by atoms with Gasteiger partial charge >= 0.3 is 0 Å². The van der Waals surface area contributed by atoms with Crippen molar-refractivity contribution in [3.8, 4) is 0 Å². The first-order valence-corrected chi connectivity index (χ1v) is 6.74. The van der Waals surface area contributed by atoms with E-state index in [0.29, 0.717) is 0 Å². The lowest BCUT2D eigenvalue weighted by atomic mass is 10.1. The molecule has 2 heterocycles. The van der Waals surface area contributed by atoms with Crippen LogP contribution in [-0.4, -0.2) is 9.97 Å². The normalized spacial score (nSPS) is 10.7. The maximum atomic E-state index is 4.48. The SMILES string of the molecule is Cc1ccc(NCc2cccc3cnccc23)c(C)n1. The summed E-state index contributed by atoms with van der Waals surface area (Å²) in [5.74, 6) is 0. The van der Waals surface area contributed by atoms with Crippen molar-refractivity contribution in [3.63, 3.8) is 0 Å². The lowest BCUT2D eigenvalue weighted by molar-refractivity contribution is 1.08. The minimum atomic E-state index is 0.785. The maximum Gasteiger partial charge on any atom is 0.0606 e. The highest BCUT2D eigenvalue weighted by molar-refractivity contribution is 5.84. The standard InChI is InChI=1S/C17H17N3/c1-12-6-7-17(13(2)20-12)19-11-15-5-3-4-14-10-18-9-8-16(14)15/h3-10,19H,11H2,1-2H3. The quantitative estimate of drug-likeness (QED) is 0.779. The second kappa shape index (κ2) is 5.29.